The van der Waals surface area contributed by atoms with Gasteiger partial charge in [-0.3, -0.25) is 4.79 Å². The Morgan fingerprint density at radius 1 is 1.39 bits per heavy atom. The van der Waals surface area contributed by atoms with E-state index in [1.165, 1.54) is 0 Å². The number of nitrogens with two attached hydrogens (primary N) is 2. The molecule has 7 nitrogen and oxygen atoms in total. The second-order valence-electron chi connectivity index (χ2n) is 4.54. The molecule has 2 aromatic rings. The van der Waals surface area contributed by atoms with E-state index in [2.05, 4.69) is 15.3 Å². The summed E-state index contributed by atoms with van der Waals surface area (Å²) in [6.07, 6.45) is 0. The van der Waals surface area contributed by atoms with Crippen molar-refractivity contribution in [2.45, 2.75) is 6.92 Å². The van der Waals surface area contributed by atoms with Crippen molar-refractivity contribution < 1.29 is 9.53 Å². The molecule has 0 fully saturated rings. The third-order valence-corrected chi connectivity index (χ3v) is 3.06. The van der Waals surface area contributed by atoms with E-state index in [0.29, 0.717) is 24.6 Å². The van der Waals surface area contributed by atoms with Crippen molar-refractivity contribution in [1.82, 2.24) is 10.3 Å². The number of ether oxygens (including phenoxy) is 1. The maximum absolute atomic E-state index is 12.0. The van der Waals surface area contributed by atoms with Gasteiger partial charge in [-0.25, -0.2) is 0 Å². The summed E-state index contributed by atoms with van der Waals surface area (Å²) in [5, 5.41) is 3.51. The van der Waals surface area contributed by atoms with Crippen LogP contribution in [0.25, 0.3) is 10.9 Å². The van der Waals surface area contributed by atoms with Crippen LogP contribution in [0.5, 0.6) is 5.75 Å². The Balaban J connectivity index is 0.00000242. The molecule has 0 atom stereocenters. The van der Waals surface area contributed by atoms with Crippen molar-refractivity contribution in [3.05, 3.63) is 29.5 Å². The Bertz CT molecular complexity index is 700. The van der Waals surface area contributed by atoms with Gasteiger partial charge in [-0.15, -0.1) is 24.8 Å². The number of aliphatic imine (C=N–C) groups is 1. The average molecular weight is 362 g/mol. The van der Waals surface area contributed by atoms with Crippen LogP contribution in [0, 0.1) is 6.92 Å². The summed E-state index contributed by atoms with van der Waals surface area (Å²) in [4.78, 5) is 18.8. The van der Waals surface area contributed by atoms with Crippen molar-refractivity contribution in [3.8, 4) is 5.75 Å². The topological polar surface area (TPSA) is 119 Å². The first-order valence-electron chi connectivity index (χ1n) is 6.58. The highest BCUT2D eigenvalue weighted by atomic mass is 35.5. The van der Waals surface area contributed by atoms with Gasteiger partial charge in [0.1, 0.15) is 18.1 Å². The molecule has 0 spiro atoms. The zero-order chi connectivity index (χ0) is 15.4. The van der Waals surface area contributed by atoms with E-state index in [-0.39, 0.29) is 30.8 Å². The molecule has 9 heteroatoms. The Kier molecular flexibility index (Phi) is 8.45. The monoisotopic (exact) mass is 361 g/mol. The summed E-state index contributed by atoms with van der Waals surface area (Å²) < 4.78 is 5.58. The Morgan fingerprint density at radius 2 is 2.09 bits per heavy atom. The van der Waals surface area contributed by atoms with E-state index < -0.39 is 5.91 Å². The van der Waals surface area contributed by atoms with E-state index in [9.17, 15) is 4.79 Å². The number of guanidine groups is 1. The number of amides is 1. The SMILES string of the molecule is CNC(N)=NC(=O)c1cc2c(C)ccc(OCCN)c2[nH]1.Cl.Cl. The Hall–Kier alpha value is -1.96. The van der Waals surface area contributed by atoms with E-state index in [1.54, 1.807) is 13.1 Å². The normalized spacial score (nSPS) is 10.7. The highest BCUT2D eigenvalue weighted by Crippen LogP contribution is 2.28. The van der Waals surface area contributed by atoms with Crippen LogP contribution < -0.4 is 21.5 Å². The number of rotatable bonds is 4. The molecule has 0 radical (unpaired) electrons. The number of hydrogen-bond acceptors (Lipinski definition) is 3. The zero-order valence-electron chi connectivity index (χ0n) is 12.9. The number of carbonyl (C=O) groups is 1. The van der Waals surface area contributed by atoms with E-state index >= 15 is 0 Å². The van der Waals surface area contributed by atoms with Crippen molar-refractivity contribution in [1.29, 1.82) is 0 Å². The molecule has 0 saturated heterocycles. The van der Waals surface area contributed by atoms with Crippen LogP contribution >= 0.6 is 24.8 Å². The molecule has 0 bridgehead atoms. The van der Waals surface area contributed by atoms with Gasteiger partial charge in [0, 0.05) is 19.0 Å². The maximum atomic E-state index is 12.0. The van der Waals surface area contributed by atoms with Gasteiger partial charge in [0.15, 0.2) is 5.96 Å². The lowest BCUT2D eigenvalue weighted by atomic mass is 10.1. The lowest BCUT2D eigenvalue weighted by Gasteiger charge is -2.06. The fraction of sp³-hybridized carbons (Fsp3) is 0.286. The predicted molar refractivity (Wildman–Crippen MR) is 97.1 cm³/mol. The molecule has 128 valence electrons. The quantitative estimate of drug-likeness (QED) is 0.483. The lowest BCUT2D eigenvalue weighted by Crippen LogP contribution is -2.28. The van der Waals surface area contributed by atoms with Gasteiger partial charge in [-0.05, 0) is 24.6 Å². The number of aromatic amines is 1. The number of carbonyl (C=O) groups excluding carboxylic acids is 1. The van der Waals surface area contributed by atoms with Crippen LogP contribution in [-0.2, 0) is 0 Å². The summed E-state index contributed by atoms with van der Waals surface area (Å²) in [7, 11) is 1.60. The largest absolute Gasteiger partial charge is 0.490 e. The number of nitrogens with one attached hydrogen (secondary N) is 2. The van der Waals surface area contributed by atoms with Crippen molar-refractivity contribution in [2.24, 2.45) is 16.5 Å². The summed E-state index contributed by atoms with van der Waals surface area (Å²) >= 11 is 0. The molecule has 1 aromatic heterocycles. The van der Waals surface area contributed by atoms with Gasteiger partial charge in [0.25, 0.3) is 5.91 Å². The van der Waals surface area contributed by atoms with E-state index in [0.717, 1.165) is 16.5 Å². The summed E-state index contributed by atoms with van der Waals surface area (Å²) in [5.74, 6) is 0.280. The lowest BCUT2D eigenvalue weighted by molar-refractivity contribution is 0.0998. The zero-order valence-corrected chi connectivity index (χ0v) is 14.5. The fourth-order valence-corrected chi connectivity index (χ4v) is 1.96. The number of halogens is 2. The van der Waals surface area contributed by atoms with Crippen LogP contribution in [0.1, 0.15) is 16.1 Å². The highest BCUT2D eigenvalue weighted by molar-refractivity contribution is 6.05. The number of hydrogen-bond donors (Lipinski definition) is 4. The van der Waals surface area contributed by atoms with Crippen molar-refractivity contribution in [3.63, 3.8) is 0 Å². The number of benzene rings is 1. The Morgan fingerprint density at radius 3 is 2.70 bits per heavy atom. The first kappa shape index (κ1) is 21.0. The van der Waals surface area contributed by atoms with Crippen LogP contribution in [0.15, 0.2) is 23.2 Å². The number of H-pyrrole nitrogens is 1. The van der Waals surface area contributed by atoms with Gasteiger partial charge in [-0.2, -0.15) is 4.99 Å². The number of aromatic nitrogens is 1. The van der Waals surface area contributed by atoms with Gasteiger partial charge >= 0.3 is 0 Å². The standard InChI is InChI=1S/C14H19N5O2.2ClH/c1-8-3-4-11(21-6-5-15)12-9(8)7-10(18-12)13(20)19-14(16)17-2;;/h3-4,7,18H,5-6,15H2,1-2H3,(H3,16,17,19,20);2*1H. The fourth-order valence-electron chi connectivity index (χ4n) is 1.96. The van der Waals surface area contributed by atoms with Crippen LogP contribution in [0.3, 0.4) is 0 Å². The molecule has 1 amide bonds. The second kappa shape index (κ2) is 9.24. The first-order valence-corrected chi connectivity index (χ1v) is 6.58. The molecule has 0 saturated carbocycles. The summed E-state index contributed by atoms with van der Waals surface area (Å²) in [6, 6.07) is 5.53. The molecule has 1 aromatic carbocycles. The predicted octanol–water partition coefficient (Wildman–Crippen LogP) is 1.33. The molecule has 0 aliphatic heterocycles. The van der Waals surface area contributed by atoms with E-state index in [1.807, 2.05) is 19.1 Å². The number of fused-ring (bicyclic) bond motifs is 1. The van der Waals surface area contributed by atoms with Crippen molar-refractivity contribution in [2.75, 3.05) is 20.2 Å². The number of aryl methyl sites for hydroxylation is 1. The molecule has 0 aliphatic carbocycles. The van der Waals surface area contributed by atoms with E-state index in [4.69, 9.17) is 16.2 Å². The molecule has 0 aliphatic rings. The van der Waals surface area contributed by atoms with Gasteiger partial charge < -0.3 is 26.5 Å². The minimum atomic E-state index is -0.442. The minimum Gasteiger partial charge on any atom is -0.490 e. The second-order valence-corrected chi connectivity index (χ2v) is 4.54. The summed E-state index contributed by atoms with van der Waals surface area (Å²) in [6.45, 7) is 2.79. The van der Waals surface area contributed by atoms with Crippen LogP contribution in [0.4, 0.5) is 0 Å². The minimum absolute atomic E-state index is 0. The van der Waals surface area contributed by atoms with Crippen LogP contribution in [-0.4, -0.2) is 37.1 Å². The molecule has 23 heavy (non-hydrogen) atoms. The third kappa shape index (κ3) is 4.75. The van der Waals surface area contributed by atoms with Crippen LogP contribution in [0.2, 0.25) is 0 Å². The smallest absolute Gasteiger partial charge is 0.296 e. The van der Waals surface area contributed by atoms with Crippen molar-refractivity contribution >= 4 is 47.6 Å². The molecule has 1 heterocycles. The highest BCUT2D eigenvalue weighted by Gasteiger charge is 2.13. The van der Waals surface area contributed by atoms with Gasteiger partial charge in [0.2, 0.25) is 0 Å². The Labute approximate surface area is 146 Å². The van der Waals surface area contributed by atoms with Gasteiger partial charge in [-0.1, -0.05) is 6.07 Å². The first-order chi connectivity index (χ1) is 10.1. The third-order valence-electron chi connectivity index (χ3n) is 3.06. The molecule has 0 unspecified atom stereocenters. The van der Waals surface area contributed by atoms with Gasteiger partial charge in [0.05, 0.1) is 5.52 Å². The molecule has 6 N–H and O–H groups in total. The summed E-state index contributed by atoms with van der Waals surface area (Å²) in [5.41, 5.74) is 13.1. The average Bonchev–Trinajstić information content (AvgIpc) is 2.92. The molecule has 2 rings (SSSR count). The maximum Gasteiger partial charge on any atom is 0.296 e. The number of nitrogens with zero attached hydrogens (tertiary/aromatic N) is 1. The molecular formula is C14H21Cl2N5O2. The molecular weight excluding hydrogens is 341 g/mol.